The molecule has 10 heteroatoms. The first-order valence-electron chi connectivity index (χ1n) is 12.7. The SMILES string of the molecule is CC1=C/[C@@H](O)CC(=O)Cc2nc(co2)C(=O)N2CCC=C2C(=O)O[C@H](C(C)C)[C@H](C)/C=C/C(=O)NC/C=C\1. The number of carbonyl (C=O) groups is 4. The Morgan fingerprint density at radius 1 is 1.18 bits per heavy atom. The zero-order chi connectivity index (χ0) is 27.8. The first-order valence-corrected chi connectivity index (χ1v) is 12.7. The van der Waals surface area contributed by atoms with Crippen molar-refractivity contribution in [2.75, 3.05) is 13.1 Å². The van der Waals surface area contributed by atoms with Crippen molar-refractivity contribution in [2.45, 2.75) is 59.2 Å². The Balaban J connectivity index is 1.86. The van der Waals surface area contributed by atoms with Crippen LogP contribution < -0.4 is 5.32 Å². The fourth-order valence-corrected chi connectivity index (χ4v) is 4.33. The van der Waals surface area contributed by atoms with Crippen LogP contribution in [0.4, 0.5) is 0 Å². The smallest absolute Gasteiger partial charge is 0.355 e. The van der Waals surface area contributed by atoms with Crippen molar-refractivity contribution >= 4 is 23.6 Å². The largest absolute Gasteiger partial charge is 0.457 e. The molecule has 0 aromatic carbocycles. The molecule has 1 aromatic heterocycles. The summed E-state index contributed by atoms with van der Waals surface area (Å²) in [7, 11) is 0. The molecule has 3 heterocycles. The minimum absolute atomic E-state index is 0.0315. The van der Waals surface area contributed by atoms with E-state index in [-0.39, 0.29) is 66.7 Å². The van der Waals surface area contributed by atoms with Crippen LogP contribution in [-0.2, 0) is 25.5 Å². The maximum absolute atomic E-state index is 13.1. The standard InChI is InChI=1S/C28H35N3O7/c1-17(2)26-19(4)9-10-24(34)29-11-5-7-18(3)13-20(32)14-21(33)15-25-30-22(16-37-25)27(35)31-12-6-8-23(31)28(36)38-26/h5,7-10,13,16-17,19-20,26,32H,6,11-12,14-15H2,1-4H3,(H,29,34)/b7-5-,10-9+,18-13-/t19-,20-,26-/m1/s1. The lowest BCUT2D eigenvalue weighted by molar-refractivity contribution is -0.149. The molecule has 1 aromatic rings. The molecule has 0 saturated carbocycles. The summed E-state index contributed by atoms with van der Waals surface area (Å²) in [5.41, 5.74) is 0.809. The molecular formula is C28H35N3O7. The van der Waals surface area contributed by atoms with E-state index >= 15 is 0 Å². The van der Waals surface area contributed by atoms with Crippen LogP contribution in [0.2, 0.25) is 0 Å². The Labute approximate surface area is 222 Å². The van der Waals surface area contributed by atoms with Gasteiger partial charge in [-0.2, -0.15) is 0 Å². The van der Waals surface area contributed by atoms with Crippen LogP contribution in [0.15, 0.2) is 58.4 Å². The average molecular weight is 526 g/mol. The first kappa shape index (κ1) is 28.8. The van der Waals surface area contributed by atoms with E-state index in [1.54, 1.807) is 37.3 Å². The van der Waals surface area contributed by atoms with Gasteiger partial charge >= 0.3 is 5.97 Å². The molecule has 3 atom stereocenters. The van der Waals surface area contributed by atoms with Crippen LogP contribution in [0.3, 0.4) is 0 Å². The Hall–Kier alpha value is -3.79. The number of allylic oxidation sites excluding steroid dienone is 2. The second-order valence-corrected chi connectivity index (χ2v) is 9.84. The van der Waals surface area contributed by atoms with Crippen molar-refractivity contribution in [3.63, 3.8) is 0 Å². The van der Waals surface area contributed by atoms with Crippen LogP contribution in [0.1, 0.15) is 56.9 Å². The van der Waals surface area contributed by atoms with E-state index in [0.717, 1.165) is 11.8 Å². The molecule has 2 bridgehead atoms. The third kappa shape index (κ3) is 7.85. The van der Waals surface area contributed by atoms with Crippen molar-refractivity contribution in [1.29, 1.82) is 0 Å². The van der Waals surface area contributed by atoms with Crippen LogP contribution in [0.5, 0.6) is 0 Å². The van der Waals surface area contributed by atoms with Gasteiger partial charge in [0.15, 0.2) is 5.69 Å². The summed E-state index contributed by atoms with van der Waals surface area (Å²) < 4.78 is 11.1. The molecule has 2 amide bonds. The normalized spacial score (nSPS) is 27.6. The van der Waals surface area contributed by atoms with Gasteiger partial charge in [-0.25, -0.2) is 9.78 Å². The Morgan fingerprint density at radius 2 is 1.95 bits per heavy atom. The van der Waals surface area contributed by atoms with Gasteiger partial charge in [0.2, 0.25) is 11.8 Å². The van der Waals surface area contributed by atoms with Gasteiger partial charge in [0, 0.05) is 25.4 Å². The number of carbonyl (C=O) groups excluding carboxylic acids is 4. The molecule has 0 aliphatic carbocycles. The highest BCUT2D eigenvalue weighted by Crippen LogP contribution is 2.24. The predicted molar refractivity (Wildman–Crippen MR) is 139 cm³/mol. The van der Waals surface area contributed by atoms with E-state index in [4.69, 9.17) is 9.15 Å². The lowest BCUT2D eigenvalue weighted by Crippen LogP contribution is -2.36. The number of aliphatic hydroxyl groups is 1. The van der Waals surface area contributed by atoms with Gasteiger partial charge in [-0.1, -0.05) is 56.7 Å². The summed E-state index contributed by atoms with van der Waals surface area (Å²) in [5.74, 6) is -2.07. The van der Waals surface area contributed by atoms with Crippen molar-refractivity contribution < 1.29 is 33.4 Å². The summed E-state index contributed by atoms with van der Waals surface area (Å²) in [4.78, 5) is 56.3. The molecule has 0 radical (unpaired) electrons. The zero-order valence-corrected chi connectivity index (χ0v) is 22.2. The zero-order valence-electron chi connectivity index (χ0n) is 22.2. The number of amides is 2. The number of cyclic esters (lactones) is 1. The summed E-state index contributed by atoms with van der Waals surface area (Å²) in [6.45, 7) is 8.00. The quantitative estimate of drug-likeness (QED) is 0.534. The van der Waals surface area contributed by atoms with E-state index in [1.807, 2.05) is 20.8 Å². The van der Waals surface area contributed by atoms with Crippen molar-refractivity contribution in [1.82, 2.24) is 15.2 Å². The molecule has 0 fully saturated rings. The number of aliphatic hydroxyl groups excluding tert-OH is 1. The predicted octanol–water partition coefficient (Wildman–Crippen LogP) is 2.66. The highest BCUT2D eigenvalue weighted by molar-refractivity contribution is 6.00. The molecule has 10 nitrogen and oxygen atoms in total. The number of aromatic nitrogens is 1. The van der Waals surface area contributed by atoms with Crippen LogP contribution >= 0.6 is 0 Å². The number of rotatable bonds is 1. The second kappa shape index (κ2) is 13.1. The molecule has 204 valence electrons. The molecule has 2 N–H and O–H groups in total. The van der Waals surface area contributed by atoms with Crippen LogP contribution in [0.25, 0.3) is 0 Å². The number of nitrogens with one attached hydrogen (secondary N) is 1. The minimum atomic E-state index is -1.01. The minimum Gasteiger partial charge on any atom is -0.457 e. The molecule has 0 unspecified atom stereocenters. The fourth-order valence-electron chi connectivity index (χ4n) is 4.33. The lowest BCUT2D eigenvalue weighted by atomic mass is 9.94. The number of esters is 1. The number of Topliss-reactive ketones (excluding diaryl/α,β-unsaturated/α-hetero) is 1. The van der Waals surface area contributed by atoms with Crippen molar-refractivity contribution in [3.05, 3.63) is 65.6 Å². The fraction of sp³-hybridized carbons (Fsp3) is 0.464. The van der Waals surface area contributed by atoms with E-state index in [2.05, 4.69) is 10.3 Å². The summed E-state index contributed by atoms with van der Waals surface area (Å²) in [6, 6.07) is 0. The van der Waals surface area contributed by atoms with Crippen molar-refractivity contribution in [2.24, 2.45) is 11.8 Å². The van der Waals surface area contributed by atoms with Gasteiger partial charge in [0.1, 0.15) is 23.8 Å². The first-order chi connectivity index (χ1) is 18.0. The Bertz CT molecular complexity index is 1170. The van der Waals surface area contributed by atoms with Gasteiger partial charge in [-0.3, -0.25) is 14.4 Å². The number of fused-ring (bicyclic) bond motifs is 3. The molecule has 2 aliphatic heterocycles. The maximum Gasteiger partial charge on any atom is 0.355 e. The summed E-state index contributed by atoms with van der Waals surface area (Å²) in [6.07, 6.45) is 9.48. The maximum atomic E-state index is 13.1. The lowest BCUT2D eigenvalue weighted by Gasteiger charge is -2.27. The van der Waals surface area contributed by atoms with Crippen LogP contribution in [0, 0.1) is 11.8 Å². The molecule has 0 spiro atoms. The number of ketones is 1. The Kier molecular flexibility index (Phi) is 9.95. The van der Waals surface area contributed by atoms with Gasteiger partial charge in [0.25, 0.3) is 5.91 Å². The number of hydrogen-bond acceptors (Lipinski definition) is 8. The molecule has 38 heavy (non-hydrogen) atoms. The second-order valence-electron chi connectivity index (χ2n) is 9.84. The molecule has 0 saturated heterocycles. The number of oxazole rings is 1. The average Bonchev–Trinajstić information content (AvgIpc) is 3.52. The summed E-state index contributed by atoms with van der Waals surface area (Å²) >= 11 is 0. The number of ether oxygens (including phenoxy) is 1. The molecule has 3 rings (SSSR count). The monoisotopic (exact) mass is 525 g/mol. The Morgan fingerprint density at radius 3 is 2.68 bits per heavy atom. The summed E-state index contributed by atoms with van der Waals surface area (Å²) in [5, 5.41) is 13.0. The van der Waals surface area contributed by atoms with Gasteiger partial charge in [-0.05, 0) is 25.3 Å². The highest BCUT2D eigenvalue weighted by Gasteiger charge is 2.33. The number of nitrogens with zero attached hydrogens (tertiary/aromatic N) is 2. The third-order valence-electron chi connectivity index (χ3n) is 6.19. The molecular weight excluding hydrogens is 490 g/mol. The van der Waals surface area contributed by atoms with Crippen molar-refractivity contribution in [3.8, 4) is 0 Å². The van der Waals surface area contributed by atoms with Gasteiger partial charge in [0.05, 0.1) is 12.5 Å². The van der Waals surface area contributed by atoms with E-state index < -0.39 is 24.1 Å². The third-order valence-corrected chi connectivity index (χ3v) is 6.19. The van der Waals surface area contributed by atoms with E-state index in [0.29, 0.717) is 6.42 Å². The van der Waals surface area contributed by atoms with Crippen LogP contribution in [-0.4, -0.2) is 63.9 Å². The van der Waals surface area contributed by atoms with E-state index in [1.165, 1.54) is 11.0 Å². The van der Waals surface area contributed by atoms with Gasteiger partial charge < -0.3 is 24.5 Å². The van der Waals surface area contributed by atoms with Gasteiger partial charge in [-0.15, -0.1) is 0 Å². The van der Waals surface area contributed by atoms with E-state index in [9.17, 15) is 24.3 Å². The topological polar surface area (TPSA) is 139 Å². The molecule has 2 aliphatic rings. The highest BCUT2D eigenvalue weighted by atomic mass is 16.5. The number of hydrogen-bond donors (Lipinski definition) is 2.